The molecule has 1 aliphatic rings. The maximum absolute atomic E-state index is 12.4. The number of hydrogen-bond donors (Lipinski definition) is 1. The smallest absolute Gasteiger partial charge is 0.256 e. The number of anilines is 1. The van der Waals surface area contributed by atoms with E-state index in [1.807, 2.05) is 25.1 Å². The van der Waals surface area contributed by atoms with E-state index in [1.165, 1.54) is 0 Å². The van der Waals surface area contributed by atoms with Gasteiger partial charge in [0.2, 0.25) is 0 Å². The molecule has 1 aliphatic heterocycles. The Morgan fingerprint density at radius 3 is 3.06 bits per heavy atom. The van der Waals surface area contributed by atoms with E-state index >= 15 is 0 Å². The van der Waals surface area contributed by atoms with Crippen molar-refractivity contribution in [2.24, 2.45) is 0 Å². The van der Waals surface area contributed by atoms with Crippen molar-refractivity contribution in [1.82, 2.24) is 4.90 Å². The van der Waals surface area contributed by atoms with Gasteiger partial charge in [0.25, 0.3) is 5.91 Å². The minimum atomic E-state index is -0.548. The molecule has 1 heterocycles. The lowest BCUT2D eigenvalue weighted by Crippen LogP contribution is -2.45. The molecule has 5 nitrogen and oxygen atoms in total. The van der Waals surface area contributed by atoms with Crippen LogP contribution in [0.15, 0.2) is 18.2 Å². The van der Waals surface area contributed by atoms with Gasteiger partial charge in [0, 0.05) is 12.2 Å². The van der Waals surface area contributed by atoms with E-state index in [1.54, 1.807) is 11.0 Å². The van der Waals surface area contributed by atoms with Crippen molar-refractivity contribution < 1.29 is 9.53 Å². The van der Waals surface area contributed by atoms with Gasteiger partial charge in [-0.15, -0.1) is 0 Å². The normalized spacial score (nSPS) is 19.3. The Kier molecular flexibility index (Phi) is 3.49. The van der Waals surface area contributed by atoms with Crippen LogP contribution in [0.3, 0.4) is 0 Å². The molecule has 1 saturated heterocycles. The van der Waals surface area contributed by atoms with E-state index in [-0.39, 0.29) is 5.91 Å². The molecule has 1 amide bonds. The van der Waals surface area contributed by atoms with Crippen molar-refractivity contribution in [3.8, 4) is 6.07 Å². The minimum Gasteiger partial charge on any atom is -0.398 e. The maximum atomic E-state index is 12.4. The second kappa shape index (κ2) is 5.07. The van der Waals surface area contributed by atoms with Crippen LogP contribution < -0.4 is 5.73 Å². The van der Waals surface area contributed by atoms with Gasteiger partial charge in [0.05, 0.1) is 24.8 Å². The number of ether oxygens (including phenoxy) is 1. The van der Waals surface area contributed by atoms with Gasteiger partial charge in [-0.1, -0.05) is 12.1 Å². The van der Waals surface area contributed by atoms with Crippen LogP contribution in [0.2, 0.25) is 0 Å². The van der Waals surface area contributed by atoms with Crippen molar-refractivity contribution in [3.05, 3.63) is 29.3 Å². The molecule has 2 rings (SSSR count). The minimum absolute atomic E-state index is 0.130. The highest BCUT2D eigenvalue weighted by Gasteiger charge is 2.26. The zero-order chi connectivity index (χ0) is 13.1. The van der Waals surface area contributed by atoms with E-state index in [0.29, 0.717) is 30.9 Å². The predicted octanol–water partition coefficient (Wildman–Crippen LogP) is 0.942. The van der Waals surface area contributed by atoms with Crippen molar-refractivity contribution in [1.29, 1.82) is 5.26 Å². The second-order valence-corrected chi connectivity index (χ2v) is 4.28. The molecule has 1 unspecified atom stereocenters. The summed E-state index contributed by atoms with van der Waals surface area (Å²) in [6.07, 6.45) is -0.548. The molecule has 2 N–H and O–H groups in total. The summed E-state index contributed by atoms with van der Waals surface area (Å²) in [4.78, 5) is 14.0. The van der Waals surface area contributed by atoms with Crippen LogP contribution in [0.1, 0.15) is 15.9 Å². The quantitative estimate of drug-likeness (QED) is 0.747. The Morgan fingerprint density at radius 2 is 2.39 bits per heavy atom. The molecule has 0 aliphatic carbocycles. The van der Waals surface area contributed by atoms with Gasteiger partial charge in [-0.05, 0) is 18.6 Å². The topological polar surface area (TPSA) is 79.3 Å². The van der Waals surface area contributed by atoms with Crippen LogP contribution in [0.4, 0.5) is 5.69 Å². The molecule has 0 saturated carbocycles. The highest BCUT2D eigenvalue weighted by Crippen LogP contribution is 2.19. The first kappa shape index (κ1) is 12.4. The Morgan fingerprint density at radius 1 is 1.61 bits per heavy atom. The highest BCUT2D eigenvalue weighted by atomic mass is 16.5. The molecule has 94 valence electrons. The van der Waals surface area contributed by atoms with Crippen molar-refractivity contribution >= 4 is 11.6 Å². The van der Waals surface area contributed by atoms with Crippen LogP contribution in [0.25, 0.3) is 0 Å². The number of carbonyl (C=O) groups is 1. The zero-order valence-electron chi connectivity index (χ0n) is 10.2. The lowest BCUT2D eigenvalue weighted by molar-refractivity contribution is 0.00348. The summed E-state index contributed by atoms with van der Waals surface area (Å²) in [6.45, 7) is 3.02. The molecular weight excluding hydrogens is 230 g/mol. The number of aryl methyl sites for hydroxylation is 1. The van der Waals surface area contributed by atoms with Gasteiger partial charge in [0.1, 0.15) is 0 Å². The molecule has 18 heavy (non-hydrogen) atoms. The first-order valence-corrected chi connectivity index (χ1v) is 5.79. The SMILES string of the molecule is Cc1cccc(N)c1C(=O)N1CCOC(C#N)C1. The molecule has 1 atom stereocenters. The third kappa shape index (κ3) is 2.29. The predicted molar refractivity (Wildman–Crippen MR) is 66.8 cm³/mol. The number of rotatable bonds is 1. The first-order chi connectivity index (χ1) is 8.63. The van der Waals surface area contributed by atoms with E-state index < -0.39 is 6.10 Å². The monoisotopic (exact) mass is 245 g/mol. The number of nitrogens with zero attached hydrogens (tertiary/aromatic N) is 2. The standard InChI is InChI=1S/C13H15N3O2/c1-9-3-2-4-11(15)12(9)13(17)16-5-6-18-10(7-14)8-16/h2-4,10H,5-6,8,15H2,1H3. The third-order valence-electron chi connectivity index (χ3n) is 3.02. The molecule has 0 bridgehead atoms. The van der Waals surface area contributed by atoms with Crippen LogP contribution >= 0.6 is 0 Å². The molecule has 0 radical (unpaired) electrons. The highest BCUT2D eigenvalue weighted by molar-refractivity contribution is 6.00. The Labute approximate surface area is 106 Å². The number of morpholine rings is 1. The lowest BCUT2D eigenvalue weighted by Gasteiger charge is -2.30. The number of nitrogen functional groups attached to an aromatic ring is 1. The van der Waals surface area contributed by atoms with Crippen LogP contribution in [-0.2, 0) is 4.74 Å². The number of carbonyl (C=O) groups excluding carboxylic acids is 1. The van der Waals surface area contributed by atoms with Gasteiger partial charge < -0.3 is 15.4 Å². The van der Waals surface area contributed by atoms with Crippen LogP contribution in [0.5, 0.6) is 0 Å². The summed E-state index contributed by atoms with van der Waals surface area (Å²) in [7, 11) is 0. The zero-order valence-corrected chi connectivity index (χ0v) is 10.2. The average Bonchev–Trinajstić information content (AvgIpc) is 2.38. The largest absolute Gasteiger partial charge is 0.398 e. The van der Waals surface area contributed by atoms with Crippen molar-refractivity contribution in [2.75, 3.05) is 25.4 Å². The summed E-state index contributed by atoms with van der Waals surface area (Å²) >= 11 is 0. The summed E-state index contributed by atoms with van der Waals surface area (Å²) in [5, 5.41) is 8.83. The van der Waals surface area contributed by atoms with Crippen LogP contribution in [0, 0.1) is 18.3 Å². The van der Waals surface area contributed by atoms with Crippen molar-refractivity contribution in [2.45, 2.75) is 13.0 Å². The Bertz CT molecular complexity index is 487. The number of hydrogen-bond acceptors (Lipinski definition) is 4. The number of nitrogens with two attached hydrogens (primary N) is 1. The van der Waals surface area contributed by atoms with Crippen LogP contribution in [-0.4, -0.2) is 36.6 Å². The maximum Gasteiger partial charge on any atom is 0.256 e. The average molecular weight is 245 g/mol. The van der Waals surface area contributed by atoms with Gasteiger partial charge in [-0.2, -0.15) is 5.26 Å². The van der Waals surface area contributed by atoms with E-state index in [9.17, 15) is 4.79 Å². The summed E-state index contributed by atoms with van der Waals surface area (Å²) in [5.41, 5.74) is 7.70. The van der Waals surface area contributed by atoms with E-state index in [4.69, 9.17) is 15.7 Å². The summed E-state index contributed by atoms with van der Waals surface area (Å²) < 4.78 is 5.22. The fraction of sp³-hybridized carbons (Fsp3) is 0.385. The van der Waals surface area contributed by atoms with E-state index in [2.05, 4.69) is 0 Å². The summed E-state index contributed by atoms with van der Waals surface area (Å²) in [6, 6.07) is 7.40. The van der Waals surface area contributed by atoms with Gasteiger partial charge in [0.15, 0.2) is 6.10 Å². The molecule has 1 fully saturated rings. The van der Waals surface area contributed by atoms with Crippen molar-refractivity contribution in [3.63, 3.8) is 0 Å². The molecule has 0 spiro atoms. The molecule has 1 aromatic carbocycles. The molecule has 5 heteroatoms. The number of benzene rings is 1. The summed E-state index contributed by atoms with van der Waals surface area (Å²) in [5.74, 6) is -0.130. The van der Waals surface area contributed by atoms with Gasteiger partial charge >= 0.3 is 0 Å². The fourth-order valence-electron chi connectivity index (χ4n) is 2.05. The third-order valence-corrected chi connectivity index (χ3v) is 3.02. The first-order valence-electron chi connectivity index (χ1n) is 5.79. The number of nitriles is 1. The molecular formula is C13H15N3O2. The molecule has 0 aromatic heterocycles. The van der Waals surface area contributed by atoms with Gasteiger partial charge in [-0.25, -0.2) is 0 Å². The lowest BCUT2D eigenvalue weighted by atomic mass is 10.0. The Hall–Kier alpha value is -2.06. The van der Waals surface area contributed by atoms with E-state index in [0.717, 1.165) is 5.56 Å². The van der Waals surface area contributed by atoms with Gasteiger partial charge in [-0.3, -0.25) is 4.79 Å². The number of amides is 1. The fourth-order valence-corrected chi connectivity index (χ4v) is 2.05. The second-order valence-electron chi connectivity index (χ2n) is 4.28. The Balaban J connectivity index is 2.24. The molecule has 1 aromatic rings.